The highest BCUT2D eigenvalue weighted by atomic mass is 32.2. The maximum Gasteiger partial charge on any atom is 0.315 e. The molecule has 17 heteroatoms. The SMILES string of the molecule is C[C@H](CCC(=O)N[C@@H](CCCCNC(=O)CCCC[C@@H]1SC[C@@H]2NC(=O)N[C@@H]21)C(=O)NCCS(=O)(=O)O)[C@H]1CC[C@H]2[C@@H]3[C@H](O)C[C@@H]4C[C@H](O)CC[C@]4(C)[C@H]3C[C@H](O)[C@]12C. The second-order valence-corrected chi connectivity index (χ2v) is 22.3. The third-order valence-electron chi connectivity index (χ3n) is 16.0. The number of nitrogens with one attached hydrogen (secondary N) is 5. The van der Waals surface area contributed by atoms with E-state index in [0.717, 1.165) is 50.7 Å². The Morgan fingerprint density at radius 1 is 0.898 bits per heavy atom. The Balaban J connectivity index is 0.949. The Hall–Kier alpha value is -2.18. The van der Waals surface area contributed by atoms with Crippen molar-refractivity contribution < 1.29 is 47.5 Å². The number of thioether (sulfide) groups is 1. The number of aliphatic hydroxyl groups excluding tert-OH is 3. The lowest BCUT2D eigenvalue weighted by Crippen LogP contribution is -2.62. The fourth-order valence-corrected chi connectivity index (χ4v) is 14.6. The Labute approximate surface area is 354 Å². The Bertz CT molecular complexity index is 1620. The number of aliphatic hydroxyl groups is 3. The minimum Gasteiger partial charge on any atom is -0.393 e. The fraction of sp³-hybridized carbons (Fsp3) is 0.905. The van der Waals surface area contributed by atoms with Gasteiger partial charge in [0.15, 0.2) is 0 Å². The van der Waals surface area contributed by atoms with Gasteiger partial charge in [-0.3, -0.25) is 18.9 Å². The van der Waals surface area contributed by atoms with E-state index in [1.54, 1.807) is 0 Å². The van der Waals surface area contributed by atoms with E-state index in [-0.39, 0.29) is 96.3 Å². The van der Waals surface area contributed by atoms with E-state index in [1.807, 2.05) is 11.8 Å². The molecule has 0 bridgehead atoms. The molecule has 6 rings (SSSR count). The van der Waals surface area contributed by atoms with E-state index in [1.165, 1.54) is 0 Å². The quantitative estimate of drug-likeness (QED) is 0.0520. The summed E-state index contributed by atoms with van der Waals surface area (Å²) in [5.74, 6) is 0.344. The van der Waals surface area contributed by atoms with Crippen molar-refractivity contribution in [2.24, 2.45) is 46.3 Å². The number of carbonyl (C=O) groups excluding carboxylic acids is 4. The number of rotatable bonds is 19. The summed E-state index contributed by atoms with van der Waals surface area (Å²) in [5, 5.41) is 48.6. The second-order valence-electron chi connectivity index (χ2n) is 19.5. The van der Waals surface area contributed by atoms with Crippen molar-refractivity contribution in [1.29, 1.82) is 0 Å². The largest absolute Gasteiger partial charge is 0.393 e. The van der Waals surface area contributed by atoms with Crippen molar-refractivity contribution in [2.45, 2.75) is 165 Å². The monoisotopic (exact) mass is 869 g/mol. The molecule has 9 N–H and O–H groups in total. The lowest BCUT2D eigenvalue weighted by Gasteiger charge is -2.63. The molecule has 2 saturated heterocycles. The molecule has 6 fully saturated rings. The van der Waals surface area contributed by atoms with Gasteiger partial charge in [0.25, 0.3) is 10.1 Å². The molecule has 336 valence electrons. The number of carbonyl (C=O) groups is 4. The molecule has 0 unspecified atom stereocenters. The van der Waals surface area contributed by atoms with E-state index in [4.69, 9.17) is 4.55 Å². The lowest BCUT2D eigenvalue weighted by molar-refractivity contribution is -0.207. The summed E-state index contributed by atoms with van der Waals surface area (Å²) in [6.45, 7) is 6.76. The van der Waals surface area contributed by atoms with Crippen LogP contribution in [0.25, 0.3) is 0 Å². The van der Waals surface area contributed by atoms with Crippen molar-refractivity contribution >= 4 is 45.6 Å². The Morgan fingerprint density at radius 2 is 1.68 bits per heavy atom. The van der Waals surface area contributed by atoms with E-state index in [0.29, 0.717) is 56.7 Å². The molecule has 0 spiro atoms. The van der Waals surface area contributed by atoms with Gasteiger partial charge in [-0.05, 0) is 130 Å². The maximum absolute atomic E-state index is 13.4. The van der Waals surface area contributed by atoms with Crippen molar-refractivity contribution in [1.82, 2.24) is 26.6 Å². The van der Waals surface area contributed by atoms with Crippen LogP contribution in [-0.2, 0) is 24.5 Å². The van der Waals surface area contributed by atoms with Crippen LogP contribution in [0, 0.1) is 46.3 Å². The van der Waals surface area contributed by atoms with Crippen molar-refractivity contribution in [2.75, 3.05) is 24.6 Å². The van der Waals surface area contributed by atoms with Gasteiger partial charge in [-0.1, -0.05) is 27.2 Å². The van der Waals surface area contributed by atoms with Crippen molar-refractivity contribution in [3.8, 4) is 0 Å². The maximum atomic E-state index is 13.4. The molecule has 2 aliphatic heterocycles. The molecule has 59 heavy (non-hydrogen) atoms. The number of amides is 5. The summed E-state index contributed by atoms with van der Waals surface area (Å²) in [4.78, 5) is 50.7. The topological polar surface area (TPSA) is 243 Å². The first-order valence-corrected chi connectivity index (χ1v) is 25.1. The van der Waals surface area contributed by atoms with Gasteiger partial charge in [0.1, 0.15) is 6.04 Å². The van der Waals surface area contributed by atoms with Gasteiger partial charge in [-0.25, -0.2) is 4.79 Å². The first kappa shape index (κ1) is 46.3. The molecule has 2 heterocycles. The van der Waals surface area contributed by atoms with Crippen LogP contribution in [-0.4, -0.2) is 118 Å². The molecule has 5 amide bonds. The lowest BCUT2D eigenvalue weighted by atomic mass is 9.43. The summed E-state index contributed by atoms with van der Waals surface area (Å²) in [7, 11) is -4.29. The Kier molecular flexibility index (Phi) is 15.3. The summed E-state index contributed by atoms with van der Waals surface area (Å²) in [5.41, 5.74) is -0.405. The van der Waals surface area contributed by atoms with Gasteiger partial charge in [0.2, 0.25) is 17.7 Å². The zero-order chi connectivity index (χ0) is 42.7. The zero-order valence-corrected chi connectivity index (χ0v) is 36.8. The van der Waals surface area contributed by atoms with Gasteiger partial charge >= 0.3 is 6.03 Å². The van der Waals surface area contributed by atoms with E-state index < -0.39 is 45.4 Å². The molecule has 6 aliphatic rings. The molecular formula is C42H71N5O10S2. The smallest absolute Gasteiger partial charge is 0.315 e. The third-order valence-corrected chi connectivity index (χ3v) is 18.2. The number of hydrogen-bond acceptors (Lipinski definition) is 10. The Morgan fingerprint density at radius 3 is 2.44 bits per heavy atom. The van der Waals surface area contributed by atoms with Crippen LogP contribution in [0.2, 0.25) is 0 Å². The van der Waals surface area contributed by atoms with E-state index >= 15 is 0 Å². The molecule has 0 radical (unpaired) electrons. The van der Waals surface area contributed by atoms with Gasteiger partial charge in [0, 0.05) is 36.9 Å². The minimum absolute atomic E-state index is 0.00822. The third kappa shape index (κ3) is 10.7. The summed E-state index contributed by atoms with van der Waals surface area (Å²) in [6.07, 6.45) is 9.30. The summed E-state index contributed by atoms with van der Waals surface area (Å²) < 4.78 is 31.6. The van der Waals surface area contributed by atoms with E-state index in [2.05, 4.69) is 47.4 Å². The predicted octanol–water partition coefficient (Wildman–Crippen LogP) is 2.87. The first-order valence-electron chi connectivity index (χ1n) is 22.4. The highest BCUT2D eigenvalue weighted by molar-refractivity contribution is 8.00. The molecule has 0 aromatic rings. The standard InChI is InChI=1S/C42H71N5O10S2/c1-24(27-12-13-28-37-29(22-34(50)42(27,28)3)41(2)16-15-26(48)20-25(41)21-32(37)49)11-14-36(52)45-30(39(53)44-18-19-59(55,56)57)8-6-7-17-43-35(51)10-5-4-9-33-38-31(23-58-33)46-40(54)47-38/h24-34,37-38,48-50H,4-23H2,1-3H3,(H,43,51)(H,44,53)(H,45,52)(H2,46,47,54)(H,55,56,57)/t24-,25+,26-,27-,28+,29+,30+,31+,32-,33+,34+,37+,38+,41+,42-/m1/s1. The molecule has 0 aromatic heterocycles. The molecule has 4 aliphatic carbocycles. The van der Waals surface area contributed by atoms with Gasteiger partial charge in [-0.15, -0.1) is 0 Å². The first-order chi connectivity index (χ1) is 27.9. The van der Waals surface area contributed by atoms with Crippen LogP contribution in [0.15, 0.2) is 0 Å². The van der Waals surface area contributed by atoms with Crippen molar-refractivity contribution in [3.05, 3.63) is 0 Å². The zero-order valence-electron chi connectivity index (χ0n) is 35.2. The van der Waals surface area contributed by atoms with Crippen molar-refractivity contribution in [3.63, 3.8) is 0 Å². The van der Waals surface area contributed by atoms with Crippen LogP contribution in [0.3, 0.4) is 0 Å². The number of fused-ring (bicyclic) bond motifs is 6. The summed E-state index contributed by atoms with van der Waals surface area (Å²) >= 11 is 1.85. The van der Waals surface area contributed by atoms with Gasteiger partial charge in [-0.2, -0.15) is 20.2 Å². The predicted molar refractivity (Wildman–Crippen MR) is 225 cm³/mol. The molecule has 15 nitrogen and oxygen atoms in total. The van der Waals surface area contributed by atoms with Crippen LogP contribution >= 0.6 is 11.8 Å². The highest BCUT2D eigenvalue weighted by Gasteiger charge is 2.65. The molecular weight excluding hydrogens is 799 g/mol. The highest BCUT2D eigenvalue weighted by Crippen LogP contribution is 2.68. The molecule has 0 aromatic carbocycles. The average molecular weight is 870 g/mol. The van der Waals surface area contributed by atoms with Crippen LogP contribution in [0.5, 0.6) is 0 Å². The van der Waals surface area contributed by atoms with Crippen LogP contribution < -0.4 is 26.6 Å². The summed E-state index contributed by atoms with van der Waals surface area (Å²) in [6, 6.07) is -0.700. The number of unbranched alkanes of at least 4 members (excludes halogenated alkanes) is 2. The van der Waals surface area contributed by atoms with Gasteiger partial charge < -0.3 is 41.9 Å². The van der Waals surface area contributed by atoms with Crippen LogP contribution in [0.1, 0.15) is 124 Å². The van der Waals surface area contributed by atoms with E-state index in [9.17, 15) is 42.9 Å². The second kappa shape index (κ2) is 19.5. The molecule has 15 atom stereocenters. The number of hydrogen-bond donors (Lipinski definition) is 9. The fourth-order valence-electron chi connectivity index (χ4n) is 12.7. The van der Waals surface area contributed by atoms with Crippen LogP contribution in [0.4, 0.5) is 4.79 Å². The molecule has 4 saturated carbocycles. The minimum atomic E-state index is -4.29. The normalized spacial score (nSPS) is 38.4. The van der Waals surface area contributed by atoms with Gasteiger partial charge in [0.05, 0.1) is 36.1 Å². The number of urea groups is 1. The average Bonchev–Trinajstić information content (AvgIpc) is 3.84.